The van der Waals surface area contributed by atoms with Gasteiger partial charge in [-0.15, -0.1) is 0 Å². The van der Waals surface area contributed by atoms with Crippen molar-refractivity contribution >= 4 is 5.97 Å². The first-order valence-corrected chi connectivity index (χ1v) is 5.23. The molecule has 0 radical (unpaired) electrons. The van der Waals surface area contributed by atoms with E-state index in [4.69, 9.17) is 9.47 Å². The third-order valence-corrected chi connectivity index (χ3v) is 2.02. The van der Waals surface area contributed by atoms with Crippen molar-refractivity contribution in [3.63, 3.8) is 0 Å². The van der Waals surface area contributed by atoms with Crippen LogP contribution < -0.4 is 0 Å². The van der Waals surface area contributed by atoms with Gasteiger partial charge in [-0.05, 0) is 46.5 Å². The maximum absolute atomic E-state index is 11.4. The Balaban J connectivity index is 2.20. The molecule has 0 aromatic carbocycles. The van der Waals surface area contributed by atoms with Gasteiger partial charge in [-0.3, -0.25) is 0 Å². The Bertz CT molecular complexity index is 201. The molecule has 1 rings (SSSR count). The van der Waals surface area contributed by atoms with Gasteiger partial charge in [0.05, 0.1) is 6.61 Å². The van der Waals surface area contributed by atoms with Crippen molar-refractivity contribution in [2.24, 2.45) is 5.92 Å². The summed E-state index contributed by atoms with van der Waals surface area (Å²) in [5.41, 5.74) is -0.422. The summed E-state index contributed by atoms with van der Waals surface area (Å²) < 4.78 is 10.6. The molecule has 1 unspecified atom stereocenters. The van der Waals surface area contributed by atoms with Crippen LogP contribution in [0.2, 0.25) is 0 Å². The molecule has 0 N–H and O–H groups in total. The first-order valence-electron chi connectivity index (χ1n) is 5.23. The third-order valence-electron chi connectivity index (χ3n) is 2.02. The second-order valence-electron chi connectivity index (χ2n) is 4.95. The summed E-state index contributed by atoms with van der Waals surface area (Å²) >= 11 is 0. The van der Waals surface area contributed by atoms with Crippen molar-refractivity contribution in [2.45, 2.75) is 52.2 Å². The molecular formula is C11H20O3. The van der Waals surface area contributed by atoms with Gasteiger partial charge < -0.3 is 9.47 Å². The average molecular weight is 200 g/mol. The Morgan fingerprint density at radius 1 is 1.43 bits per heavy atom. The monoisotopic (exact) mass is 200 g/mol. The molecule has 0 bridgehead atoms. The van der Waals surface area contributed by atoms with Gasteiger partial charge in [0.1, 0.15) is 5.60 Å². The third kappa shape index (κ3) is 4.61. The van der Waals surface area contributed by atoms with Gasteiger partial charge in [-0.25, -0.2) is 4.79 Å². The summed E-state index contributed by atoms with van der Waals surface area (Å²) in [7, 11) is 0. The van der Waals surface area contributed by atoms with Gasteiger partial charge in [-0.2, -0.15) is 0 Å². The quantitative estimate of drug-likeness (QED) is 0.652. The van der Waals surface area contributed by atoms with Crippen LogP contribution in [0.4, 0.5) is 0 Å². The first-order chi connectivity index (χ1) is 6.38. The molecule has 0 aromatic heterocycles. The summed E-state index contributed by atoms with van der Waals surface area (Å²) in [5, 5.41) is 0. The van der Waals surface area contributed by atoms with E-state index in [0.717, 1.165) is 0 Å². The van der Waals surface area contributed by atoms with Crippen LogP contribution in [0, 0.1) is 5.92 Å². The molecule has 0 spiro atoms. The molecule has 3 nitrogen and oxygen atoms in total. The van der Waals surface area contributed by atoms with Crippen molar-refractivity contribution in [1.82, 2.24) is 0 Å². The summed E-state index contributed by atoms with van der Waals surface area (Å²) in [5.74, 6) is 0.415. The summed E-state index contributed by atoms with van der Waals surface area (Å²) in [6.07, 6.45) is 2.04. The predicted octanol–water partition coefficient (Wildman–Crippen LogP) is 2.14. The summed E-state index contributed by atoms with van der Waals surface area (Å²) in [6, 6.07) is 0. The SMILES string of the molecule is CC(OCC1CC1)C(=O)OC(C)(C)C. The van der Waals surface area contributed by atoms with Crippen LogP contribution in [0.3, 0.4) is 0 Å². The fourth-order valence-electron chi connectivity index (χ4n) is 1.02. The zero-order valence-corrected chi connectivity index (χ0v) is 9.50. The molecule has 1 aliphatic rings. The molecule has 1 fully saturated rings. The zero-order valence-electron chi connectivity index (χ0n) is 9.50. The van der Waals surface area contributed by atoms with Crippen LogP contribution in [-0.4, -0.2) is 24.3 Å². The number of carbonyl (C=O) groups excluding carboxylic acids is 1. The van der Waals surface area contributed by atoms with E-state index in [1.807, 2.05) is 20.8 Å². The van der Waals surface area contributed by atoms with E-state index in [9.17, 15) is 4.79 Å². The fraction of sp³-hybridized carbons (Fsp3) is 0.909. The molecule has 0 heterocycles. The van der Waals surface area contributed by atoms with E-state index >= 15 is 0 Å². The van der Waals surface area contributed by atoms with E-state index in [1.54, 1.807) is 6.92 Å². The average Bonchev–Trinajstić information content (AvgIpc) is 2.79. The summed E-state index contributed by atoms with van der Waals surface area (Å²) in [6.45, 7) is 8.02. The van der Waals surface area contributed by atoms with Gasteiger partial charge in [0, 0.05) is 0 Å². The van der Waals surface area contributed by atoms with Crippen LogP contribution in [0.1, 0.15) is 40.5 Å². The van der Waals surface area contributed by atoms with E-state index in [2.05, 4.69) is 0 Å². The summed E-state index contributed by atoms with van der Waals surface area (Å²) in [4.78, 5) is 11.4. The Morgan fingerprint density at radius 2 is 2.00 bits per heavy atom. The van der Waals surface area contributed by atoms with Crippen molar-refractivity contribution in [2.75, 3.05) is 6.61 Å². The van der Waals surface area contributed by atoms with E-state index in [-0.39, 0.29) is 5.97 Å². The normalized spacial score (nSPS) is 19.1. The van der Waals surface area contributed by atoms with Crippen molar-refractivity contribution in [3.05, 3.63) is 0 Å². The number of hydrogen-bond acceptors (Lipinski definition) is 3. The van der Waals surface area contributed by atoms with Crippen molar-refractivity contribution < 1.29 is 14.3 Å². The number of esters is 1. The maximum Gasteiger partial charge on any atom is 0.335 e. The molecule has 1 atom stereocenters. The Morgan fingerprint density at radius 3 is 2.43 bits per heavy atom. The number of rotatable bonds is 4. The van der Waals surface area contributed by atoms with Gasteiger partial charge in [0.2, 0.25) is 0 Å². The highest BCUT2D eigenvalue weighted by Crippen LogP contribution is 2.29. The Labute approximate surface area is 85.8 Å². The lowest BCUT2D eigenvalue weighted by Gasteiger charge is -2.22. The molecule has 1 aliphatic carbocycles. The standard InChI is InChI=1S/C11H20O3/c1-8(13-7-9-5-6-9)10(12)14-11(2,3)4/h8-9H,5-7H2,1-4H3. The molecule has 0 amide bonds. The highest BCUT2D eigenvalue weighted by molar-refractivity contribution is 5.74. The lowest BCUT2D eigenvalue weighted by molar-refractivity contribution is -0.167. The minimum absolute atomic E-state index is 0.266. The molecule has 3 heteroatoms. The minimum atomic E-state index is -0.435. The van der Waals surface area contributed by atoms with E-state index in [0.29, 0.717) is 12.5 Å². The van der Waals surface area contributed by atoms with Gasteiger partial charge in [0.15, 0.2) is 6.10 Å². The van der Waals surface area contributed by atoms with Crippen LogP contribution in [0.25, 0.3) is 0 Å². The molecule has 0 aliphatic heterocycles. The highest BCUT2D eigenvalue weighted by atomic mass is 16.6. The maximum atomic E-state index is 11.4. The molecule has 82 valence electrons. The molecular weight excluding hydrogens is 180 g/mol. The fourth-order valence-corrected chi connectivity index (χ4v) is 1.02. The second kappa shape index (κ2) is 4.30. The van der Waals surface area contributed by atoms with Crippen molar-refractivity contribution in [1.29, 1.82) is 0 Å². The Kier molecular flexibility index (Phi) is 3.53. The van der Waals surface area contributed by atoms with Crippen molar-refractivity contribution in [3.8, 4) is 0 Å². The van der Waals surface area contributed by atoms with Gasteiger partial charge in [-0.1, -0.05) is 0 Å². The zero-order chi connectivity index (χ0) is 10.8. The smallest absolute Gasteiger partial charge is 0.335 e. The lowest BCUT2D eigenvalue weighted by Crippen LogP contribution is -2.32. The predicted molar refractivity (Wildman–Crippen MR) is 54.0 cm³/mol. The molecule has 0 saturated heterocycles. The van der Waals surface area contributed by atoms with Crippen LogP contribution in [0.5, 0.6) is 0 Å². The van der Waals surface area contributed by atoms with Gasteiger partial charge >= 0.3 is 5.97 Å². The van der Waals surface area contributed by atoms with Crippen LogP contribution in [0.15, 0.2) is 0 Å². The van der Waals surface area contributed by atoms with Crippen LogP contribution >= 0.6 is 0 Å². The van der Waals surface area contributed by atoms with E-state index in [1.165, 1.54) is 12.8 Å². The largest absolute Gasteiger partial charge is 0.458 e. The number of carbonyl (C=O) groups is 1. The first kappa shape index (κ1) is 11.5. The number of hydrogen-bond donors (Lipinski definition) is 0. The second-order valence-corrected chi connectivity index (χ2v) is 4.95. The molecule has 1 saturated carbocycles. The molecule has 0 aromatic rings. The van der Waals surface area contributed by atoms with Crippen LogP contribution in [-0.2, 0) is 14.3 Å². The highest BCUT2D eigenvalue weighted by Gasteiger charge is 2.26. The lowest BCUT2D eigenvalue weighted by atomic mass is 10.2. The van der Waals surface area contributed by atoms with Gasteiger partial charge in [0.25, 0.3) is 0 Å². The molecule has 14 heavy (non-hydrogen) atoms. The topological polar surface area (TPSA) is 35.5 Å². The van der Waals surface area contributed by atoms with E-state index < -0.39 is 11.7 Å². The minimum Gasteiger partial charge on any atom is -0.458 e. The number of ether oxygens (including phenoxy) is 2. The Hall–Kier alpha value is -0.570.